The fourth-order valence-corrected chi connectivity index (χ4v) is 17.4. The van der Waals surface area contributed by atoms with E-state index in [2.05, 4.69) is 65.0 Å². The van der Waals surface area contributed by atoms with Crippen LogP contribution < -0.4 is 17.0 Å². The van der Waals surface area contributed by atoms with Crippen LogP contribution in [-0.4, -0.2) is 34.3 Å². The zero-order valence-electron chi connectivity index (χ0n) is 70.1. The maximum atomic E-state index is 12.0. The summed E-state index contributed by atoms with van der Waals surface area (Å²) < 4.78 is 1.39. The first-order valence-electron chi connectivity index (χ1n) is 47.6. The second-order valence-corrected chi connectivity index (χ2v) is 34.1. The Kier molecular flexibility index (Phi) is 82.4. The molecule has 0 fully saturated rings. The van der Waals surface area contributed by atoms with E-state index in [4.69, 9.17) is 0 Å². The fourth-order valence-electron chi connectivity index (χ4n) is 17.4. The Bertz CT molecular complexity index is 1550. The minimum Gasteiger partial charge on any atom is -1.00 e. The first-order chi connectivity index (χ1) is 49.0. The summed E-state index contributed by atoms with van der Waals surface area (Å²) in [5.41, 5.74) is 1.21. The smallest absolute Gasteiger partial charge is 0.105 e. The minimum absolute atomic E-state index is 0. The summed E-state index contributed by atoms with van der Waals surface area (Å²) >= 11 is 0. The predicted octanol–water partition coefficient (Wildman–Crippen LogP) is 31.8. The molecule has 1 rings (SSSR count). The molecule has 1 aromatic rings. The van der Waals surface area contributed by atoms with E-state index >= 15 is 0 Å². The topological polar surface area (TPSA) is 20.2 Å². The largest absolute Gasteiger partial charge is 1.00 e. The number of rotatable bonds is 87. The quantitative estimate of drug-likeness (QED) is 0.0509. The van der Waals surface area contributed by atoms with Gasteiger partial charge < -0.3 is 26.6 Å². The van der Waals surface area contributed by atoms with Gasteiger partial charge in [-0.2, -0.15) is 0 Å². The maximum absolute atomic E-state index is 12.0. The normalized spacial score (nSPS) is 12.3. The molecular weight excluding hydrogens is 1270 g/mol. The number of nitrogens with zero attached hydrogens (tertiary/aromatic N) is 1. The fraction of sp³-hybridized carbons (Fsp3) is 0.938. The summed E-state index contributed by atoms with van der Waals surface area (Å²) in [4.78, 5) is 0. The minimum atomic E-state index is -0.404. The number of quaternary nitrogens is 1. The third-order valence-electron chi connectivity index (χ3n) is 24.3. The second kappa shape index (κ2) is 82.7. The van der Waals surface area contributed by atoms with Crippen LogP contribution in [0.2, 0.25) is 0 Å². The lowest BCUT2D eigenvalue weighted by Gasteiger charge is -2.46. The van der Waals surface area contributed by atoms with Crippen LogP contribution in [0.25, 0.3) is 0 Å². The number of unbranched alkanes of at least 4 members (excludes halogenated alkanes) is 70. The molecule has 1 atom stereocenters. The first kappa shape index (κ1) is 99.6. The van der Waals surface area contributed by atoms with Crippen LogP contribution in [0.15, 0.2) is 30.3 Å². The highest BCUT2D eigenvalue weighted by molar-refractivity contribution is 5.13. The monoisotopic (exact) mass is 1460 g/mol. The molecule has 2 nitrogen and oxygen atoms in total. The van der Waals surface area contributed by atoms with E-state index in [1.807, 2.05) is 0 Å². The van der Waals surface area contributed by atoms with Gasteiger partial charge in [0.25, 0.3) is 0 Å². The van der Waals surface area contributed by atoms with E-state index in [9.17, 15) is 5.11 Å². The van der Waals surface area contributed by atoms with Gasteiger partial charge in [-0.15, -0.1) is 0 Å². The SMILES string of the molecule is CCCCCCCCCCCCCCCCCC[N+](CCCCCCCCCCCCCCCCCC)(Cc1ccccc1)C(CCCCCCCCCCCC)CCCCCCCCCCCCCCCCC(O)(CCCCCCCCCCCC)CCCCCCCCCCCC.[Br-]. The molecule has 0 heterocycles. The van der Waals surface area contributed by atoms with Crippen molar-refractivity contribution in [2.24, 2.45) is 0 Å². The summed E-state index contributed by atoms with van der Waals surface area (Å²) in [6.07, 6.45) is 115. The van der Waals surface area contributed by atoms with Gasteiger partial charge in [0.05, 0.1) is 24.7 Å². The van der Waals surface area contributed by atoms with E-state index in [-0.39, 0.29) is 17.0 Å². The van der Waals surface area contributed by atoms with Gasteiger partial charge in [-0.1, -0.05) is 514 Å². The molecular formula is C97H190BrNO. The number of halogens is 1. The Hall–Kier alpha value is -0.380. The molecule has 0 bridgehead atoms. The number of aliphatic hydroxyl groups is 1. The van der Waals surface area contributed by atoms with Gasteiger partial charge in [0, 0.05) is 5.56 Å². The third-order valence-corrected chi connectivity index (χ3v) is 24.3. The van der Waals surface area contributed by atoms with Crippen LogP contribution in [-0.2, 0) is 6.54 Å². The molecule has 0 aliphatic heterocycles. The summed E-state index contributed by atoms with van der Waals surface area (Å²) in [5.74, 6) is 0. The molecule has 0 aliphatic carbocycles. The lowest BCUT2D eigenvalue weighted by molar-refractivity contribution is -0.965. The summed E-state index contributed by atoms with van der Waals surface area (Å²) in [5, 5.41) is 12.0. The van der Waals surface area contributed by atoms with Gasteiger partial charge in [0.15, 0.2) is 0 Å². The highest BCUT2D eigenvalue weighted by atomic mass is 79.9. The maximum Gasteiger partial charge on any atom is 0.105 e. The van der Waals surface area contributed by atoms with Crippen LogP contribution in [0.3, 0.4) is 0 Å². The first-order valence-corrected chi connectivity index (χ1v) is 47.6. The van der Waals surface area contributed by atoms with Gasteiger partial charge in [0.2, 0.25) is 0 Å². The molecule has 0 aliphatic rings. The number of hydrogen-bond donors (Lipinski definition) is 1. The van der Waals surface area contributed by atoms with Crippen molar-refractivity contribution in [2.45, 2.75) is 573 Å². The van der Waals surface area contributed by atoms with Crippen molar-refractivity contribution in [1.82, 2.24) is 0 Å². The Labute approximate surface area is 644 Å². The van der Waals surface area contributed by atoms with Crippen molar-refractivity contribution in [3.63, 3.8) is 0 Å². The Morgan fingerprint density at radius 2 is 0.400 bits per heavy atom. The zero-order chi connectivity index (χ0) is 71.1. The van der Waals surface area contributed by atoms with Crippen molar-refractivity contribution < 1.29 is 26.6 Å². The standard InChI is InChI=1S/C97H190NO.BrH/c1-6-11-16-21-26-31-36-38-40-44-48-52-59-66-73-83-92-98(94-95-85-76-75-77-86-95,93-84-74-67-60-53-49-45-41-39-37-32-27-22-17-12-7-2)96(87-78-68-61-54-33-28-23-18-13-8-3)88-79-69-62-55-50-46-42-43-47-51-58-65-72-82-91-97(99,89-80-70-63-56-34-29-24-19-14-9-4)90-81-71-64-57-35-30-25-20-15-10-5;/h75-77,85-86,96,99H,6-74,78-84,87-94H2,1-5H3;1H/q+1;/p-1. The van der Waals surface area contributed by atoms with Crippen LogP contribution >= 0.6 is 0 Å². The van der Waals surface area contributed by atoms with Crippen LogP contribution in [0, 0.1) is 0 Å². The molecule has 0 saturated carbocycles. The average molecular weight is 1470 g/mol. The molecule has 0 radical (unpaired) electrons. The molecule has 0 aromatic heterocycles. The highest BCUT2D eigenvalue weighted by Gasteiger charge is 2.36. The molecule has 100 heavy (non-hydrogen) atoms. The number of benzene rings is 1. The van der Waals surface area contributed by atoms with E-state index in [0.717, 1.165) is 25.3 Å². The Balaban J connectivity index is 0.0000980. The lowest BCUT2D eigenvalue weighted by Crippen LogP contribution is -3.00. The molecule has 3 heteroatoms. The van der Waals surface area contributed by atoms with Crippen molar-refractivity contribution in [3.05, 3.63) is 35.9 Å². The van der Waals surface area contributed by atoms with Gasteiger partial charge in [-0.05, 0) is 70.6 Å². The number of hydrogen-bond acceptors (Lipinski definition) is 1. The Morgan fingerprint density at radius 3 is 0.600 bits per heavy atom. The van der Waals surface area contributed by atoms with Crippen molar-refractivity contribution in [1.29, 1.82) is 0 Å². The van der Waals surface area contributed by atoms with Crippen molar-refractivity contribution >= 4 is 0 Å². The van der Waals surface area contributed by atoms with Gasteiger partial charge in [0.1, 0.15) is 6.54 Å². The van der Waals surface area contributed by atoms with Gasteiger partial charge >= 0.3 is 0 Å². The summed E-state index contributed by atoms with van der Waals surface area (Å²) in [6.45, 7) is 15.8. The van der Waals surface area contributed by atoms with Crippen molar-refractivity contribution in [2.75, 3.05) is 13.1 Å². The molecule has 0 amide bonds. The zero-order valence-corrected chi connectivity index (χ0v) is 71.7. The van der Waals surface area contributed by atoms with Crippen LogP contribution in [0.4, 0.5) is 0 Å². The van der Waals surface area contributed by atoms with Crippen LogP contribution in [0.1, 0.15) is 560 Å². The molecule has 1 N–H and O–H groups in total. The van der Waals surface area contributed by atoms with Crippen LogP contribution in [0.5, 0.6) is 0 Å². The molecule has 596 valence electrons. The van der Waals surface area contributed by atoms with Gasteiger partial charge in [-0.3, -0.25) is 0 Å². The third kappa shape index (κ3) is 69.4. The van der Waals surface area contributed by atoms with E-state index < -0.39 is 5.60 Å². The second-order valence-electron chi connectivity index (χ2n) is 34.1. The average Bonchev–Trinajstić information content (AvgIpc) is 0.816. The van der Waals surface area contributed by atoms with E-state index in [0.29, 0.717) is 0 Å². The summed E-state index contributed by atoms with van der Waals surface area (Å²) in [6, 6.07) is 12.8. The molecule has 0 spiro atoms. The molecule has 1 unspecified atom stereocenters. The van der Waals surface area contributed by atoms with E-state index in [1.54, 1.807) is 5.56 Å². The van der Waals surface area contributed by atoms with Crippen molar-refractivity contribution in [3.8, 4) is 0 Å². The molecule has 1 aromatic carbocycles. The Morgan fingerprint density at radius 1 is 0.230 bits per heavy atom. The lowest BCUT2D eigenvalue weighted by atomic mass is 9.85. The van der Waals surface area contributed by atoms with Gasteiger partial charge in [-0.25, -0.2) is 0 Å². The highest BCUT2D eigenvalue weighted by Crippen LogP contribution is 2.33. The predicted molar refractivity (Wildman–Crippen MR) is 451 cm³/mol. The summed E-state index contributed by atoms with van der Waals surface area (Å²) in [7, 11) is 0. The van der Waals surface area contributed by atoms with E-state index in [1.165, 1.54) is 525 Å². The molecule has 0 saturated heterocycles.